The second-order valence-electron chi connectivity index (χ2n) is 8.33. The number of nitrogens with zero attached hydrogens (tertiary/aromatic N) is 2. The third-order valence-corrected chi connectivity index (χ3v) is 6.91. The number of ether oxygens (including phenoxy) is 2. The molecule has 176 valence electrons. The van der Waals surface area contributed by atoms with Crippen molar-refractivity contribution in [3.05, 3.63) is 89.0 Å². The summed E-state index contributed by atoms with van der Waals surface area (Å²) in [6.07, 6.45) is 0.595. The van der Waals surface area contributed by atoms with Crippen LogP contribution in [0, 0.1) is 13.8 Å². The number of thioether (sulfide) groups is 1. The lowest BCUT2D eigenvalue weighted by atomic mass is 10.0. The number of carbonyl (C=O) groups is 1. The Labute approximate surface area is 208 Å². The highest BCUT2D eigenvalue weighted by atomic mass is 32.2. The standard InChI is InChI=1S/C28H25N3O3S/c1-17-9-7-10-18(2)24(17)29-23(32)16-35-28-21-15-20-13-8-14-22(33-3)25(20)34-27(21)30-26(31-28)19-11-5-4-6-12-19/h4-14H,15-16H2,1-3H3,(H,29,32). The zero-order valence-corrected chi connectivity index (χ0v) is 20.6. The van der Waals surface area contributed by atoms with Crippen LogP contribution in [0.25, 0.3) is 11.4 Å². The third kappa shape index (κ3) is 4.72. The van der Waals surface area contributed by atoms with E-state index in [1.165, 1.54) is 11.8 Å². The molecule has 1 amide bonds. The number of hydrogen-bond acceptors (Lipinski definition) is 6. The van der Waals surface area contributed by atoms with Crippen molar-refractivity contribution in [1.29, 1.82) is 0 Å². The molecule has 0 aliphatic carbocycles. The van der Waals surface area contributed by atoms with Gasteiger partial charge in [0, 0.05) is 23.2 Å². The molecule has 1 aromatic heterocycles. The number of fused-ring (bicyclic) bond motifs is 2. The fourth-order valence-corrected chi connectivity index (χ4v) is 4.93. The summed E-state index contributed by atoms with van der Waals surface area (Å²) in [5.74, 6) is 2.52. The average Bonchev–Trinajstić information content (AvgIpc) is 2.88. The third-order valence-electron chi connectivity index (χ3n) is 5.90. The fraction of sp³-hybridized carbons (Fsp3) is 0.179. The van der Waals surface area contributed by atoms with Crippen molar-refractivity contribution in [3.8, 4) is 28.8 Å². The molecule has 1 N–H and O–H groups in total. The lowest BCUT2D eigenvalue weighted by Gasteiger charge is -2.23. The van der Waals surface area contributed by atoms with E-state index in [1.807, 2.05) is 80.6 Å². The molecule has 0 fully saturated rings. The molecule has 7 heteroatoms. The lowest BCUT2D eigenvalue weighted by molar-refractivity contribution is -0.113. The first-order valence-electron chi connectivity index (χ1n) is 11.3. The number of para-hydroxylation sites is 2. The largest absolute Gasteiger partial charge is 0.493 e. The number of anilines is 1. The summed E-state index contributed by atoms with van der Waals surface area (Å²) in [5, 5.41) is 3.79. The zero-order chi connectivity index (χ0) is 24.4. The van der Waals surface area contributed by atoms with E-state index >= 15 is 0 Å². The Kier molecular flexibility index (Phi) is 6.42. The van der Waals surface area contributed by atoms with E-state index in [1.54, 1.807) is 7.11 Å². The van der Waals surface area contributed by atoms with Crippen LogP contribution in [0.3, 0.4) is 0 Å². The Balaban J connectivity index is 1.46. The highest BCUT2D eigenvalue weighted by Gasteiger charge is 2.26. The van der Waals surface area contributed by atoms with Crippen molar-refractivity contribution in [3.63, 3.8) is 0 Å². The van der Waals surface area contributed by atoms with Crippen LogP contribution in [0.5, 0.6) is 17.4 Å². The van der Waals surface area contributed by atoms with Gasteiger partial charge in [0.1, 0.15) is 5.03 Å². The molecule has 3 aromatic carbocycles. The van der Waals surface area contributed by atoms with Crippen molar-refractivity contribution in [1.82, 2.24) is 9.97 Å². The number of hydrogen-bond donors (Lipinski definition) is 1. The number of rotatable bonds is 6. The maximum Gasteiger partial charge on any atom is 0.234 e. The van der Waals surface area contributed by atoms with Crippen molar-refractivity contribution in [2.75, 3.05) is 18.2 Å². The van der Waals surface area contributed by atoms with Crippen molar-refractivity contribution < 1.29 is 14.3 Å². The van der Waals surface area contributed by atoms with Gasteiger partial charge in [0.05, 0.1) is 18.4 Å². The lowest BCUT2D eigenvalue weighted by Crippen LogP contribution is -2.16. The monoisotopic (exact) mass is 483 g/mol. The summed E-state index contributed by atoms with van der Waals surface area (Å²) >= 11 is 1.39. The number of methoxy groups -OCH3 is 1. The van der Waals surface area contributed by atoms with E-state index in [0.717, 1.165) is 38.5 Å². The molecule has 0 radical (unpaired) electrons. The van der Waals surface area contributed by atoms with Gasteiger partial charge < -0.3 is 14.8 Å². The number of aryl methyl sites for hydroxylation is 2. The SMILES string of the molecule is COc1cccc2c1Oc1nc(-c3ccccc3)nc(SCC(=O)Nc3c(C)cccc3C)c1C2. The first kappa shape index (κ1) is 22.9. The molecule has 0 saturated carbocycles. The quantitative estimate of drug-likeness (QED) is 0.229. The van der Waals surface area contributed by atoms with E-state index < -0.39 is 0 Å². The molecule has 2 heterocycles. The minimum Gasteiger partial charge on any atom is -0.493 e. The maximum atomic E-state index is 12.9. The topological polar surface area (TPSA) is 73.3 Å². The molecule has 6 nitrogen and oxygen atoms in total. The molecule has 4 aromatic rings. The van der Waals surface area contributed by atoms with Crippen molar-refractivity contribution in [2.45, 2.75) is 25.3 Å². The summed E-state index contributed by atoms with van der Waals surface area (Å²) in [5.41, 5.74) is 5.68. The Hall–Kier alpha value is -3.84. The average molecular weight is 484 g/mol. The second-order valence-corrected chi connectivity index (χ2v) is 9.30. The van der Waals surface area contributed by atoms with Crippen molar-refractivity contribution in [2.24, 2.45) is 0 Å². The molecule has 0 unspecified atom stereocenters. The number of aromatic nitrogens is 2. The van der Waals surface area contributed by atoms with Gasteiger partial charge in [0.25, 0.3) is 0 Å². The summed E-state index contributed by atoms with van der Waals surface area (Å²) in [4.78, 5) is 22.5. The van der Waals surface area contributed by atoms with Gasteiger partial charge in [-0.05, 0) is 31.0 Å². The second kappa shape index (κ2) is 9.80. The van der Waals surface area contributed by atoms with E-state index in [0.29, 0.717) is 29.6 Å². The number of nitrogens with one attached hydrogen (secondary N) is 1. The van der Waals surface area contributed by atoms with Crippen LogP contribution in [0.15, 0.2) is 71.8 Å². The van der Waals surface area contributed by atoms with Gasteiger partial charge in [-0.25, -0.2) is 4.98 Å². The minimum absolute atomic E-state index is 0.0835. The molecule has 0 saturated heterocycles. The van der Waals surface area contributed by atoms with Gasteiger partial charge in [0.2, 0.25) is 11.8 Å². The molecule has 5 rings (SSSR count). The van der Waals surface area contributed by atoms with Crippen LogP contribution in [-0.2, 0) is 11.2 Å². The molecular formula is C28H25N3O3S. The predicted octanol–water partition coefficient (Wildman–Crippen LogP) is 6.20. The summed E-state index contributed by atoms with van der Waals surface area (Å²) in [6, 6.07) is 21.6. The van der Waals surface area contributed by atoms with Gasteiger partial charge in [-0.3, -0.25) is 4.79 Å². The molecule has 0 spiro atoms. The predicted molar refractivity (Wildman–Crippen MR) is 139 cm³/mol. The van der Waals surface area contributed by atoms with Crippen LogP contribution < -0.4 is 14.8 Å². The van der Waals surface area contributed by atoms with Crippen LogP contribution in [0.2, 0.25) is 0 Å². The Bertz CT molecular complexity index is 1390. The van der Waals surface area contributed by atoms with Gasteiger partial charge >= 0.3 is 0 Å². The highest BCUT2D eigenvalue weighted by Crippen LogP contribution is 2.44. The van der Waals surface area contributed by atoms with E-state index in [-0.39, 0.29) is 11.7 Å². The zero-order valence-electron chi connectivity index (χ0n) is 19.8. The summed E-state index contributed by atoms with van der Waals surface area (Å²) in [6.45, 7) is 3.98. The molecule has 1 aliphatic heterocycles. The first-order valence-corrected chi connectivity index (χ1v) is 12.3. The normalized spacial score (nSPS) is 11.7. The molecule has 35 heavy (non-hydrogen) atoms. The number of benzene rings is 3. The smallest absolute Gasteiger partial charge is 0.234 e. The van der Waals surface area contributed by atoms with E-state index in [2.05, 4.69) is 5.32 Å². The van der Waals surface area contributed by atoms with Crippen molar-refractivity contribution >= 4 is 23.4 Å². The van der Waals surface area contributed by atoms with Gasteiger partial charge in [0.15, 0.2) is 17.3 Å². The summed E-state index contributed by atoms with van der Waals surface area (Å²) in [7, 11) is 1.62. The fourth-order valence-electron chi connectivity index (χ4n) is 4.10. The number of amides is 1. The summed E-state index contributed by atoms with van der Waals surface area (Å²) < 4.78 is 11.7. The Morgan fingerprint density at radius 3 is 2.49 bits per heavy atom. The van der Waals surface area contributed by atoms with Crippen LogP contribution in [0.1, 0.15) is 22.3 Å². The van der Waals surface area contributed by atoms with Crippen LogP contribution in [0.4, 0.5) is 5.69 Å². The Morgan fingerprint density at radius 1 is 1.00 bits per heavy atom. The van der Waals surface area contributed by atoms with Crippen LogP contribution >= 0.6 is 11.8 Å². The van der Waals surface area contributed by atoms with E-state index in [4.69, 9.17) is 19.4 Å². The first-order chi connectivity index (χ1) is 17.0. The maximum absolute atomic E-state index is 12.9. The highest BCUT2D eigenvalue weighted by molar-refractivity contribution is 8.00. The molecular weight excluding hydrogens is 458 g/mol. The molecule has 1 aliphatic rings. The minimum atomic E-state index is -0.0835. The van der Waals surface area contributed by atoms with Gasteiger partial charge in [-0.1, -0.05) is 72.4 Å². The number of carbonyl (C=O) groups excluding carboxylic acids is 1. The molecule has 0 bridgehead atoms. The van der Waals surface area contributed by atoms with Gasteiger partial charge in [-0.2, -0.15) is 4.98 Å². The molecule has 0 atom stereocenters. The van der Waals surface area contributed by atoms with Crippen LogP contribution in [-0.4, -0.2) is 28.7 Å². The van der Waals surface area contributed by atoms with E-state index in [9.17, 15) is 4.79 Å². The Morgan fingerprint density at radius 2 is 1.74 bits per heavy atom. The van der Waals surface area contributed by atoms with Gasteiger partial charge in [-0.15, -0.1) is 0 Å².